The molecular weight excluding hydrogens is 234 g/mol. The smallest absolute Gasteiger partial charge is 0.0766 e. The molecule has 0 saturated carbocycles. The molecule has 0 aliphatic rings. The normalized spacial score (nSPS) is 12.1. The minimum atomic E-state index is -0.558. The number of rotatable bonds is 8. The second-order valence-corrected chi connectivity index (χ2v) is 5.95. The predicted octanol–water partition coefficient (Wildman–Crippen LogP) is 3.53. The van der Waals surface area contributed by atoms with E-state index in [1.54, 1.807) is 0 Å². The van der Waals surface area contributed by atoms with Crippen molar-refractivity contribution < 1.29 is 5.11 Å². The quantitative estimate of drug-likeness (QED) is 0.752. The van der Waals surface area contributed by atoms with E-state index in [4.69, 9.17) is 0 Å². The molecule has 1 aromatic carbocycles. The molecule has 1 rings (SSSR count). The highest BCUT2D eigenvalue weighted by molar-refractivity contribution is 5.22. The molecule has 108 valence electrons. The van der Waals surface area contributed by atoms with Gasteiger partial charge >= 0.3 is 0 Å². The van der Waals surface area contributed by atoms with E-state index in [0.717, 1.165) is 25.8 Å². The highest BCUT2D eigenvalue weighted by Gasteiger charge is 2.20. The van der Waals surface area contributed by atoms with Crippen molar-refractivity contribution >= 4 is 0 Å². The molecule has 2 N–H and O–H groups in total. The van der Waals surface area contributed by atoms with Gasteiger partial charge in [-0.25, -0.2) is 0 Å². The number of hydrogen-bond acceptors (Lipinski definition) is 2. The average Bonchev–Trinajstić information content (AvgIpc) is 2.40. The maximum absolute atomic E-state index is 10.2. The fourth-order valence-corrected chi connectivity index (χ4v) is 2.20. The van der Waals surface area contributed by atoms with E-state index in [1.807, 2.05) is 13.8 Å². The monoisotopic (exact) mass is 263 g/mol. The van der Waals surface area contributed by atoms with Crippen LogP contribution in [0.15, 0.2) is 24.3 Å². The Labute approximate surface area is 118 Å². The first-order valence-electron chi connectivity index (χ1n) is 7.50. The maximum atomic E-state index is 10.2. The van der Waals surface area contributed by atoms with E-state index in [0.29, 0.717) is 12.5 Å². The molecule has 0 bridgehead atoms. The van der Waals surface area contributed by atoms with Crippen LogP contribution in [0.2, 0.25) is 0 Å². The zero-order valence-corrected chi connectivity index (χ0v) is 12.9. The lowest BCUT2D eigenvalue weighted by Crippen LogP contribution is -2.39. The van der Waals surface area contributed by atoms with Gasteiger partial charge in [-0.1, -0.05) is 52.0 Å². The predicted molar refractivity (Wildman–Crippen MR) is 82.2 cm³/mol. The van der Waals surface area contributed by atoms with Gasteiger partial charge in [0.05, 0.1) is 5.60 Å². The zero-order chi connectivity index (χ0) is 14.3. The Morgan fingerprint density at radius 3 is 2.05 bits per heavy atom. The summed E-state index contributed by atoms with van der Waals surface area (Å²) in [7, 11) is 0. The fourth-order valence-electron chi connectivity index (χ4n) is 2.20. The van der Waals surface area contributed by atoms with Crippen LogP contribution >= 0.6 is 0 Å². The first kappa shape index (κ1) is 16.2. The van der Waals surface area contributed by atoms with Gasteiger partial charge in [-0.15, -0.1) is 0 Å². The largest absolute Gasteiger partial charge is 0.389 e. The average molecular weight is 263 g/mol. The molecule has 0 atom stereocenters. The summed E-state index contributed by atoms with van der Waals surface area (Å²) in [5.74, 6) is 0.702. The molecule has 0 saturated heterocycles. The summed E-state index contributed by atoms with van der Waals surface area (Å²) in [6.07, 6.45) is 2.73. The molecular formula is C17H29NO. The lowest BCUT2D eigenvalue weighted by Gasteiger charge is -2.25. The topological polar surface area (TPSA) is 32.3 Å². The Morgan fingerprint density at radius 1 is 1.05 bits per heavy atom. The molecule has 0 fully saturated rings. The third-order valence-electron chi connectivity index (χ3n) is 3.77. The van der Waals surface area contributed by atoms with Crippen molar-refractivity contribution in [2.75, 3.05) is 6.54 Å². The first-order valence-corrected chi connectivity index (χ1v) is 7.50. The van der Waals surface area contributed by atoms with Gasteiger partial charge in [0.1, 0.15) is 0 Å². The summed E-state index contributed by atoms with van der Waals surface area (Å²) in [4.78, 5) is 0. The van der Waals surface area contributed by atoms with Crippen molar-refractivity contribution in [2.24, 2.45) is 5.92 Å². The summed E-state index contributed by atoms with van der Waals surface area (Å²) in [5.41, 5.74) is 2.12. The molecule has 0 spiro atoms. The molecule has 0 heterocycles. The molecule has 2 heteroatoms. The van der Waals surface area contributed by atoms with Gasteiger partial charge in [0, 0.05) is 13.1 Å². The van der Waals surface area contributed by atoms with Gasteiger partial charge in [0.2, 0.25) is 0 Å². The molecule has 1 aromatic rings. The van der Waals surface area contributed by atoms with Gasteiger partial charge in [0.25, 0.3) is 0 Å². The van der Waals surface area contributed by atoms with Crippen molar-refractivity contribution in [3.63, 3.8) is 0 Å². The highest BCUT2D eigenvalue weighted by atomic mass is 16.3. The van der Waals surface area contributed by atoms with Crippen molar-refractivity contribution in [2.45, 2.75) is 59.1 Å². The summed E-state index contributed by atoms with van der Waals surface area (Å²) in [6.45, 7) is 10.0. The number of aliphatic hydroxyl groups is 1. The second kappa shape index (κ2) is 7.66. The minimum Gasteiger partial charge on any atom is -0.389 e. The van der Waals surface area contributed by atoms with Crippen LogP contribution in [-0.4, -0.2) is 17.3 Å². The van der Waals surface area contributed by atoms with E-state index in [1.165, 1.54) is 11.1 Å². The second-order valence-electron chi connectivity index (χ2n) is 5.95. The first-order chi connectivity index (χ1) is 8.99. The summed E-state index contributed by atoms with van der Waals surface area (Å²) >= 11 is 0. The molecule has 0 aliphatic carbocycles. The van der Waals surface area contributed by atoms with Crippen LogP contribution in [0, 0.1) is 5.92 Å². The SMILES string of the molecule is CCC(O)(CC)CNCc1ccc(CC(C)C)cc1. The highest BCUT2D eigenvalue weighted by Crippen LogP contribution is 2.14. The molecule has 19 heavy (non-hydrogen) atoms. The van der Waals surface area contributed by atoms with Crippen LogP contribution in [0.5, 0.6) is 0 Å². The lowest BCUT2D eigenvalue weighted by molar-refractivity contribution is 0.0323. The van der Waals surface area contributed by atoms with E-state index in [2.05, 4.69) is 43.4 Å². The number of hydrogen-bond donors (Lipinski definition) is 2. The molecule has 0 aliphatic heterocycles. The standard InChI is InChI=1S/C17H29NO/c1-5-17(19,6-2)13-18-12-16-9-7-15(8-10-16)11-14(3)4/h7-10,14,18-19H,5-6,11-13H2,1-4H3. The molecule has 0 amide bonds. The van der Waals surface area contributed by atoms with Gasteiger partial charge in [0.15, 0.2) is 0 Å². The molecule has 0 unspecified atom stereocenters. The Bertz CT molecular complexity index is 352. The van der Waals surface area contributed by atoms with E-state index >= 15 is 0 Å². The summed E-state index contributed by atoms with van der Waals surface area (Å²) in [6, 6.07) is 8.79. The van der Waals surface area contributed by atoms with Crippen molar-refractivity contribution in [1.82, 2.24) is 5.32 Å². The van der Waals surface area contributed by atoms with E-state index in [9.17, 15) is 5.11 Å². The van der Waals surface area contributed by atoms with E-state index in [-0.39, 0.29) is 0 Å². The maximum Gasteiger partial charge on any atom is 0.0766 e. The van der Waals surface area contributed by atoms with Crippen LogP contribution in [0.4, 0.5) is 0 Å². The van der Waals surface area contributed by atoms with Crippen molar-refractivity contribution in [3.05, 3.63) is 35.4 Å². The number of benzene rings is 1. The van der Waals surface area contributed by atoms with Crippen LogP contribution < -0.4 is 5.32 Å². The third-order valence-corrected chi connectivity index (χ3v) is 3.77. The zero-order valence-electron chi connectivity index (χ0n) is 12.9. The molecule has 0 radical (unpaired) electrons. The van der Waals surface area contributed by atoms with Gasteiger partial charge in [-0.3, -0.25) is 0 Å². The van der Waals surface area contributed by atoms with Crippen molar-refractivity contribution in [1.29, 1.82) is 0 Å². The summed E-state index contributed by atoms with van der Waals surface area (Å²) < 4.78 is 0. The lowest BCUT2D eigenvalue weighted by atomic mass is 9.97. The third kappa shape index (κ3) is 5.75. The fraction of sp³-hybridized carbons (Fsp3) is 0.647. The van der Waals surface area contributed by atoms with Gasteiger partial charge in [-0.2, -0.15) is 0 Å². The molecule has 2 nitrogen and oxygen atoms in total. The van der Waals surface area contributed by atoms with Crippen molar-refractivity contribution in [3.8, 4) is 0 Å². The Balaban J connectivity index is 2.42. The van der Waals surface area contributed by atoms with Gasteiger partial charge < -0.3 is 10.4 Å². The van der Waals surface area contributed by atoms with Gasteiger partial charge in [-0.05, 0) is 36.3 Å². The summed E-state index contributed by atoms with van der Waals surface area (Å²) in [5, 5.41) is 13.5. The Morgan fingerprint density at radius 2 is 1.58 bits per heavy atom. The van der Waals surface area contributed by atoms with Crippen LogP contribution in [0.1, 0.15) is 51.7 Å². The van der Waals surface area contributed by atoms with Crippen LogP contribution in [0.25, 0.3) is 0 Å². The number of nitrogens with one attached hydrogen (secondary N) is 1. The Hall–Kier alpha value is -0.860. The Kier molecular flexibility index (Phi) is 6.53. The van der Waals surface area contributed by atoms with Crippen LogP contribution in [-0.2, 0) is 13.0 Å². The minimum absolute atomic E-state index is 0.558. The van der Waals surface area contributed by atoms with E-state index < -0.39 is 5.60 Å². The van der Waals surface area contributed by atoms with Crippen LogP contribution in [0.3, 0.4) is 0 Å². The molecule has 0 aromatic heterocycles.